The van der Waals surface area contributed by atoms with E-state index in [9.17, 15) is 0 Å². The predicted octanol–water partition coefficient (Wildman–Crippen LogP) is 22.5. The van der Waals surface area contributed by atoms with Gasteiger partial charge in [-0.05, 0) is 174 Å². The van der Waals surface area contributed by atoms with Crippen LogP contribution in [-0.2, 0) is 5.41 Å². The summed E-state index contributed by atoms with van der Waals surface area (Å²) in [5.41, 5.74) is 26.0. The molecule has 2 heterocycles. The van der Waals surface area contributed by atoms with Gasteiger partial charge in [-0.2, -0.15) is 0 Å². The maximum absolute atomic E-state index is 6.83. The average Bonchev–Trinajstić information content (AvgIpc) is 1.77. The second-order valence-electron chi connectivity index (χ2n) is 22.5. The van der Waals surface area contributed by atoms with Crippen molar-refractivity contribution in [1.82, 2.24) is 4.57 Å². The summed E-state index contributed by atoms with van der Waals surface area (Å²) in [6, 6.07) is 111. The maximum atomic E-state index is 6.83. The van der Waals surface area contributed by atoms with Gasteiger partial charge in [0.25, 0.3) is 0 Å². The minimum Gasteiger partial charge on any atom is -0.456 e. The zero-order chi connectivity index (χ0) is 57.3. The zero-order valence-corrected chi connectivity index (χ0v) is 47.2. The van der Waals surface area contributed by atoms with E-state index in [1.807, 2.05) is 12.2 Å². The number of aromatic nitrogens is 1. The van der Waals surface area contributed by atoms with Crippen LogP contribution < -0.4 is 4.90 Å². The zero-order valence-electron chi connectivity index (χ0n) is 47.2. The van der Waals surface area contributed by atoms with Crippen molar-refractivity contribution in [3.63, 3.8) is 0 Å². The van der Waals surface area contributed by atoms with E-state index in [-0.39, 0.29) is 0 Å². The molecule has 1 aliphatic rings. The number of furan rings is 1. The van der Waals surface area contributed by atoms with Gasteiger partial charge < -0.3 is 13.9 Å². The quantitative estimate of drug-likeness (QED) is 0.122. The molecule has 16 rings (SSSR count). The maximum Gasteiger partial charge on any atom is 0.135 e. The Morgan fingerprint density at radius 1 is 0.314 bits per heavy atom. The van der Waals surface area contributed by atoms with Crippen LogP contribution in [0.2, 0.25) is 0 Å². The minimum atomic E-state index is -0.820. The van der Waals surface area contributed by atoms with E-state index in [2.05, 4.69) is 326 Å². The molecule has 0 N–H and O–H groups in total. The van der Waals surface area contributed by atoms with Gasteiger partial charge in [-0.15, -0.1) is 0 Å². The monoisotopic (exact) mass is 1100 g/mol. The van der Waals surface area contributed by atoms with Crippen LogP contribution in [0.5, 0.6) is 0 Å². The summed E-state index contributed by atoms with van der Waals surface area (Å²) in [7, 11) is 0. The molecule has 1 aliphatic carbocycles. The lowest BCUT2D eigenvalue weighted by Gasteiger charge is -2.35. The number of anilines is 3. The summed E-state index contributed by atoms with van der Waals surface area (Å²) in [5.74, 6) is 0. The van der Waals surface area contributed by atoms with E-state index >= 15 is 0 Å². The summed E-state index contributed by atoms with van der Waals surface area (Å²) in [6.07, 6.45) is 3.79. The molecule has 0 amide bonds. The number of hydrogen-bond donors (Lipinski definition) is 0. The molecule has 86 heavy (non-hydrogen) atoms. The Morgan fingerprint density at radius 3 is 1.31 bits per heavy atom. The number of rotatable bonds is 12. The van der Waals surface area contributed by atoms with Crippen LogP contribution in [0.25, 0.3) is 117 Å². The SMILES string of the molecule is C=Cc1ccc(-c2ccc3c(c2)c2cc(-c4ccc(C=C)cc4)ccc2n3-c2ccc3c(c2)C(c2ccccc2)(c2ccc4c(c2)oc2ccccc24)c2cc(N(c4ccc(-c5ccccc5)cc4)c4ccc(-c5ccccc5)cc4)ccc2-3)cc1. The first kappa shape index (κ1) is 50.5. The van der Waals surface area contributed by atoms with Crippen molar-refractivity contribution in [2.24, 2.45) is 0 Å². The van der Waals surface area contributed by atoms with Gasteiger partial charge in [0.05, 0.1) is 16.4 Å². The minimum absolute atomic E-state index is 0.820. The van der Waals surface area contributed by atoms with E-state index < -0.39 is 5.41 Å². The fourth-order valence-electron chi connectivity index (χ4n) is 13.6. The highest BCUT2D eigenvalue weighted by Gasteiger charge is 2.47. The topological polar surface area (TPSA) is 21.3 Å². The van der Waals surface area contributed by atoms with Crippen LogP contribution in [0.3, 0.4) is 0 Å². The molecule has 0 bridgehead atoms. The van der Waals surface area contributed by atoms with Gasteiger partial charge in [-0.1, -0.05) is 244 Å². The van der Waals surface area contributed by atoms with Crippen LogP contribution in [0.1, 0.15) is 33.4 Å². The Hall–Kier alpha value is -11.3. The highest BCUT2D eigenvalue weighted by Crippen LogP contribution is 2.59. The highest BCUT2D eigenvalue weighted by molar-refractivity contribution is 6.12. The fraction of sp³-hybridized carbons (Fsp3) is 0.0120. The third-order valence-corrected chi connectivity index (χ3v) is 17.8. The molecule has 404 valence electrons. The van der Waals surface area contributed by atoms with Crippen molar-refractivity contribution >= 4 is 73.0 Å². The second-order valence-corrected chi connectivity index (χ2v) is 22.5. The molecule has 1 atom stereocenters. The van der Waals surface area contributed by atoms with Crippen molar-refractivity contribution < 1.29 is 4.42 Å². The van der Waals surface area contributed by atoms with Gasteiger partial charge in [-0.25, -0.2) is 0 Å². The average molecular weight is 1100 g/mol. The molecular weight excluding hydrogens is 1040 g/mol. The molecule has 0 radical (unpaired) electrons. The van der Waals surface area contributed by atoms with Crippen LogP contribution in [0, 0.1) is 0 Å². The summed E-state index contributed by atoms with van der Waals surface area (Å²) in [5, 5.41) is 4.56. The van der Waals surface area contributed by atoms with E-state index in [1.165, 1.54) is 55.3 Å². The van der Waals surface area contributed by atoms with E-state index in [1.54, 1.807) is 0 Å². The Bertz CT molecular complexity index is 4900. The third kappa shape index (κ3) is 8.27. The molecule has 1 unspecified atom stereocenters. The highest BCUT2D eigenvalue weighted by atomic mass is 16.3. The Morgan fingerprint density at radius 2 is 0.756 bits per heavy atom. The molecule has 3 heteroatoms. The number of fused-ring (bicyclic) bond motifs is 9. The van der Waals surface area contributed by atoms with E-state index in [0.29, 0.717) is 0 Å². The fourth-order valence-corrected chi connectivity index (χ4v) is 13.6. The lowest BCUT2D eigenvalue weighted by molar-refractivity contribution is 0.665. The molecule has 15 aromatic rings. The van der Waals surface area contributed by atoms with Gasteiger partial charge in [0.15, 0.2) is 0 Å². The van der Waals surface area contributed by atoms with E-state index in [0.717, 1.165) is 100 Å². The van der Waals surface area contributed by atoms with Crippen molar-refractivity contribution in [1.29, 1.82) is 0 Å². The first-order valence-corrected chi connectivity index (χ1v) is 29.4. The number of hydrogen-bond acceptors (Lipinski definition) is 2. The van der Waals surface area contributed by atoms with E-state index in [4.69, 9.17) is 4.42 Å². The van der Waals surface area contributed by atoms with Crippen molar-refractivity contribution in [2.45, 2.75) is 5.41 Å². The van der Waals surface area contributed by atoms with Crippen LogP contribution >= 0.6 is 0 Å². The van der Waals surface area contributed by atoms with Gasteiger partial charge >= 0.3 is 0 Å². The Labute approximate surface area is 500 Å². The molecule has 0 spiro atoms. The number of benzene rings is 13. The molecule has 0 saturated heterocycles. The first-order valence-electron chi connectivity index (χ1n) is 29.4. The molecule has 13 aromatic carbocycles. The number of nitrogens with zero attached hydrogens (tertiary/aromatic N) is 2. The lowest BCUT2D eigenvalue weighted by Crippen LogP contribution is -2.29. The van der Waals surface area contributed by atoms with Crippen molar-refractivity contribution in [2.75, 3.05) is 4.90 Å². The predicted molar refractivity (Wildman–Crippen MR) is 362 cm³/mol. The molecular formula is C83H56N2O. The Kier molecular flexibility index (Phi) is 12.1. The largest absolute Gasteiger partial charge is 0.456 e. The van der Waals surface area contributed by atoms with Crippen molar-refractivity contribution in [3.05, 3.63) is 350 Å². The summed E-state index contributed by atoms with van der Waals surface area (Å²) in [6.45, 7) is 8.04. The molecule has 0 fully saturated rings. The molecule has 0 saturated carbocycles. The van der Waals surface area contributed by atoms with Crippen LogP contribution in [0.15, 0.2) is 321 Å². The molecule has 0 aliphatic heterocycles. The second kappa shape index (κ2) is 20.6. The Balaban J connectivity index is 0.936. The van der Waals surface area contributed by atoms with Gasteiger partial charge in [0, 0.05) is 44.3 Å². The van der Waals surface area contributed by atoms with Crippen molar-refractivity contribution in [3.8, 4) is 61.3 Å². The smallest absolute Gasteiger partial charge is 0.135 e. The normalized spacial score (nSPS) is 13.5. The summed E-state index contributed by atoms with van der Waals surface area (Å²) >= 11 is 0. The molecule has 2 aromatic heterocycles. The van der Waals surface area contributed by atoms with Gasteiger partial charge in [0.1, 0.15) is 11.2 Å². The first-order chi connectivity index (χ1) is 42.5. The van der Waals surface area contributed by atoms with Crippen LogP contribution in [-0.4, -0.2) is 4.57 Å². The van der Waals surface area contributed by atoms with Gasteiger partial charge in [-0.3, -0.25) is 0 Å². The summed E-state index contributed by atoms with van der Waals surface area (Å²) < 4.78 is 9.31. The van der Waals surface area contributed by atoms with Gasteiger partial charge in [0.2, 0.25) is 0 Å². The summed E-state index contributed by atoms with van der Waals surface area (Å²) in [4.78, 5) is 2.42. The number of para-hydroxylation sites is 1. The van der Waals surface area contributed by atoms with Crippen LogP contribution in [0.4, 0.5) is 17.1 Å². The lowest BCUT2D eigenvalue weighted by atomic mass is 9.67. The third-order valence-electron chi connectivity index (χ3n) is 17.8. The molecule has 3 nitrogen and oxygen atoms in total. The standard InChI is InChI=1S/C83H56N2O/c1-3-55-24-28-61(29-25-55)63-36-48-79-75(50-63)76-51-64(62-30-26-56(4-2)27-31-62)37-49-80(76)85(79)70-44-47-72-71-46-43-69(84(67-39-32-59(33-40-67)57-16-8-5-9-17-57)68-41-34-60(35-42-68)58-18-10-6-11-19-58)53-77(71)83(78(72)54-70,65-20-12-7-13-21-65)66-38-45-74-73-22-14-15-23-81(73)86-82(74)52-66/h3-54H,1-2H2.